The highest BCUT2D eigenvalue weighted by molar-refractivity contribution is 8.93. The number of anilines is 1. The predicted molar refractivity (Wildman–Crippen MR) is 153 cm³/mol. The fraction of sp³-hybridized carbons (Fsp3) is 0.286. The van der Waals surface area contributed by atoms with Crippen molar-refractivity contribution in [3.63, 3.8) is 0 Å². The van der Waals surface area contributed by atoms with E-state index in [1.165, 1.54) is 30.5 Å². The summed E-state index contributed by atoms with van der Waals surface area (Å²) in [6.07, 6.45) is 5.73. The molecule has 0 unspecified atom stereocenters. The Kier molecular flexibility index (Phi) is 4.94. The number of pyridine rings is 1. The molecule has 1 aliphatic carbocycles. The van der Waals surface area contributed by atoms with E-state index >= 15 is 0 Å². The minimum atomic E-state index is -3.59. The molecule has 0 saturated carbocycles. The molecule has 6 nitrogen and oxygen atoms in total. The van der Waals surface area contributed by atoms with Gasteiger partial charge in [-0.3, -0.25) is 14.5 Å². The summed E-state index contributed by atoms with van der Waals surface area (Å²) in [6.45, 7) is -9.00. The first-order valence-corrected chi connectivity index (χ1v) is 12.5. The topological polar surface area (TPSA) is 85.4 Å². The molecular formula is C28H31BrN2O4S. The largest absolute Gasteiger partial charge is 0.496 e. The van der Waals surface area contributed by atoms with Gasteiger partial charge < -0.3 is 4.74 Å². The second-order valence-electron chi connectivity index (χ2n) is 8.52. The summed E-state index contributed by atoms with van der Waals surface area (Å²) in [5, 5.41) is 0.0814. The van der Waals surface area contributed by atoms with E-state index in [1.54, 1.807) is 25.1 Å². The zero-order chi connectivity index (χ0) is 33.0. The predicted octanol–water partition coefficient (Wildman–Crippen LogP) is 6.46. The molecule has 1 aliphatic rings. The highest BCUT2D eigenvalue weighted by Gasteiger charge is 2.27. The molecule has 36 heavy (non-hydrogen) atoms. The first-order valence-electron chi connectivity index (χ1n) is 15.1. The van der Waals surface area contributed by atoms with Gasteiger partial charge in [-0.1, -0.05) is 50.4 Å². The average Bonchev–Trinajstić information content (AvgIpc) is 2.85. The molecule has 2 aromatic carbocycles. The van der Waals surface area contributed by atoms with Gasteiger partial charge in [0, 0.05) is 58.3 Å². The molecule has 1 heterocycles. The summed E-state index contributed by atoms with van der Waals surface area (Å²) in [5.41, 5.74) is -1.66. The quantitative estimate of drug-likeness (QED) is 0.375. The molecule has 1 aromatic heterocycles. The van der Waals surface area contributed by atoms with E-state index in [2.05, 4.69) is 9.71 Å². The maximum Gasteiger partial charge on any atom is 0.229 e. The summed E-state index contributed by atoms with van der Waals surface area (Å²) in [7, 11) is -2.36. The van der Waals surface area contributed by atoms with Crippen LogP contribution < -0.4 is 9.46 Å². The molecule has 0 radical (unpaired) electrons. The minimum absolute atomic E-state index is 0. The van der Waals surface area contributed by atoms with Gasteiger partial charge in [0.2, 0.25) is 10.0 Å². The van der Waals surface area contributed by atoms with Crippen molar-refractivity contribution < 1.29 is 30.3 Å². The smallest absolute Gasteiger partial charge is 0.229 e. The van der Waals surface area contributed by atoms with Gasteiger partial charge in [-0.25, -0.2) is 8.42 Å². The Hall–Kier alpha value is -2.97. The van der Waals surface area contributed by atoms with Crippen molar-refractivity contribution in [2.75, 3.05) is 18.1 Å². The number of methoxy groups -OCH3 is 1. The number of sulfonamides is 1. The number of carbonyl (C=O) groups is 1. The first kappa shape index (κ1) is 17.5. The number of Topliss-reactive ketones (excluding diaryl/α,β-unsaturated/α-hetero) is 1. The Morgan fingerprint density at radius 2 is 1.78 bits per heavy atom. The van der Waals surface area contributed by atoms with Gasteiger partial charge in [0.15, 0.2) is 5.78 Å². The van der Waals surface area contributed by atoms with Crippen LogP contribution in [0, 0.1) is 0 Å². The Balaban J connectivity index is 0.00000552. The molecule has 0 aliphatic heterocycles. The Morgan fingerprint density at radius 3 is 2.36 bits per heavy atom. The van der Waals surface area contributed by atoms with Crippen molar-refractivity contribution in [2.45, 2.75) is 39.3 Å². The maximum atomic E-state index is 13.2. The van der Waals surface area contributed by atoms with Gasteiger partial charge in [0.25, 0.3) is 0 Å². The molecule has 0 atom stereocenters. The molecule has 0 spiro atoms. The molecule has 0 amide bonds. The van der Waals surface area contributed by atoms with E-state index in [0.29, 0.717) is 16.8 Å². The summed E-state index contributed by atoms with van der Waals surface area (Å²) in [5.74, 6) is -0.670. The third-order valence-corrected chi connectivity index (χ3v) is 6.22. The number of nitrogens with zero attached hydrogens (tertiary/aromatic N) is 1. The summed E-state index contributed by atoms with van der Waals surface area (Å²) < 4.78 is 106. The number of fused-ring (bicyclic) bond motifs is 1. The third-order valence-electron chi connectivity index (χ3n) is 5.61. The lowest BCUT2D eigenvalue weighted by Crippen LogP contribution is -2.15. The van der Waals surface area contributed by atoms with Crippen LogP contribution in [0.3, 0.4) is 0 Å². The van der Waals surface area contributed by atoms with Crippen LogP contribution in [0.5, 0.6) is 5.75 Å². The van der Waals surface area contributed by atoms with Gasteiger partial charge >= 0.3 is 0 Å². The Morgan fingerprint density at radius 1 is 1.08 bits per heavy atom. The van der Waals surface area contributed by atoms with E-state index < -0.39 is 41.6 Å². The second-order valence-corrected chi connectivity index (χ2v) is 10.3. The molecular weight excluding hydrogens is 540 g/mol. The lowest BCUT2D eigenvalue weighted by molar-refractivity contribution is -0.113. The van der Waals surface area contributed by atoms with Crippen molar-refractivity contribution >= 4 is 55.0 Å². The van der Waals surface area contributed by atoms with Gasteiger partial charge in [0.1, 0.15) is 5.75 Å². The Bertz CT molecular complexity index is 1780. The number of aromatic nitrogens is 1. The van der Waals surface area contributed by atoms with Gasteiger partial charge in [-0.2, -0.15) is 0 Å². The number of ketones is 1. The molecule has 4 rings (SSSR count). The number of carbonyl (C=O) groups excluding carboxylic acids is 1. The van der Waals surface area contributed by atoms with Crippen molar-refractivity contribution in [1.29, 1.82) is 0 Å². The van der Waals surface area contributed by atoms with Crippen LogP contribution >= 0.6 is 17.0 Å². The average molecular weight is 581 g/mol. The maximum absolute atomic E-state index is 13.2. The normalized spacial score (nSPS) is 18.9. The molecule has 0 saturated heterocycles. The van der Waals surface area contributed by atoms with Gasteiger partial charge in [0.05, 0.1) is 18.9 Å². The van der Waals surface area contributed by atoms with E-state index in [9.17, 15) is 13.2 Å². The standard InChI is InChI=1S/C28H30N2O4S.BrH/c1-17-7-12-21(25(31)13-17)22-15-24(28(2,3)4)27(34-5)23-14-19(16-29-26(22)23)18-8-10-20(11-9-18)30-35(6,32)33;/h7-12,14-16,30H,13H2,1-6H3;1H/i2D3,3D3,4D3;. The van der Waals surface area contributed by atoms with Gasteiger partial charge in [-0.15, -0.1) is 17.0 Å². The van der Waals surface area contributed by atoms with Crippen LogP contribution in [-0.4, -0.2) is 32.6 Å². The molecule has 8 heteroatoms. The number of rotatable bonds is 5. The fourth-order valence-electron chi connectivity index (χ4n) is 4.05. The number of halogens is 1. The molecule has 1 N–H and O–H groups in total. The zero-order valence-corrected chi connectivity index (χ0v) is 22.3. The monoisotopic (exact) mass is 579 g/mol. The first-order chi connectivity index (χ1) is 20.1. The molecule has 0 fully saturated rings. The molecule has 0 bridgehead atoms. The number of nitrogens with one attached hydrogen (secondary N) is 1. The highest BCUT2D eigenvalue weighted by Crippen LogP contribution is 2.42. The van der Waals surface area contributed by atoms with Crippen LogP contribution in [0.15, 0.2) is 60.3 Å². The second kappa shape index (κ2) is 10.2. The summed E-state index contributed by atoms with van der Waals surface area (Å²) in [6, 6.07) is 8.87. The van der Waals surface area contributed by atoms with Crippen molar-refractivity contribution in [3.8, 4) is 16.9 Å². The van der Waals surface area contributed by atoms with Crippen LogP contribution in [-0.2, 0) is 20.2 Å². The van der Waals surface area contributed by atoms with E-state index in [-0.39, 0.29) is 57.0 Å². The van der Waals surface area contributed by atoms with Crippen LogP contribution in [0.25, 0.3) is 27.6 Å². The zero-order valence-electron chi connectivity index (χ0n) is 28.8. The lowest BCUT2D eigenvalue weighted by Gasteiger charge is -2.25. The number of hydrogen-bond acceptors (Lipinski definition) is 5. The number of benzene rings is 2. The van der Waals surface area contributed by atoms with Crippen molar-refractivity contribution in [3.05, 3.63) is 71.4 Å². The van der Waals surface area contributed by atoms with E-state index in [0.717, 1.165) is 25.0 Å². The van der Waals surface area contributed by atoms with Crippen molar-refractivity contribution in [1.82, 2.24) is 4.98 Å². The number of allylic oxidation sites excluding steroid dienone is 4. The summed E-state index contributed by atoms with van der Waals surface area (Å²) >= 11 is 0. The number of hydrogen-bond donors (Lipinski definition) is 1. The third kappa shape index (κ3) is 5.71. The van der Waals surface area contributed by atoms with E-state index in [4.69, 9.17) is 17.1 Å². The SMILES string of the molecule is Br.[2H]C([2H])([2H])C(c1cc(C2=CC=C(C)CC2=O)c2ncc(-c3ccc(NS(C)(=O)=O)cc3)cc2c1OC)(C([2H])([2H])[2H])C([2H])([2H])[2H]. The number of ether oxygens (including phenoxy) is 1. The van der Waals surface area contributed by atoms with Crippen molar-refractivity contribution in [2.24, 2.45) is 0 Å². The fourth-order valence-corrected chi connectivity index (χ4v) is 4.61. The van der Waals surface area contributed by atoms with Crippen LogP contribution in [0.1, 0.15) is 57.4 Å². The lowest BCUT2D eigenvalue weighted by atomic mass is 9.81. The summed E-state index contributed by atoms with van der Waals surface area (Å²) in [4.78, 5) is 17.8. The van der Waals surface area contributed by atoms with Crippen LogP contribution in [0.4, 0.5) is 5.69 Å². The van der Waals surface area contributed by atoms with E-state index in [1.807, 2.05) is 0 Å². The molecule has 190 valence electrons. The highest BCUT2D eigenvalue weighted by atomic mass is 79.9. The van der Waals surface area contributed by atoms with Gasteiger partial charge in [-0.05, 0) is 42.2 Å². The van der Waals surface area contributed by atoms with Crippen LogP contribution in [0.2, 0.25) is 0 Å². The Labute approximate surface area is 235 Å². The molecule has 3 aromatic rings. The minimum Gasteiger partial charge on any atom is -0.496 e.